The number of nitrogens with one attached hydrogen (secondary N) is 1. The molecular weight excluding hydrogens is 296 g/mol. The number of thiazole rings is 1. The van der Waals surface area contributed by atoms with Crippen LogP contribution < -0.4 is 11.1 Å². The van der Waals surface area contributed by atoms with E-state index in [4.69, 9.17) is 5.73 Å². The van der Waals surface area contributed by atoms with Crippen LogP contribution in [-0.4, -0.2) is 28.9 Å². The standard InChI is InChI=1S/C16H20N4OS/c1-2-20-8-7-13-14(10-20)22-16(18-13)19-15(21)9-11-3-5-12(17)6-4-11/h3-6H,2,7-10,17H2,1H3,(H,18,19,21). The smallest absolute Gasteiger partial charge is 0.230 e. The van der Waals surface area contributed by atoms with E-state index in [1.807, 2.05) is 24.3 Å². The van der Waals surface area contributed by atoms with Gasteiger partial charge in [-0.25, -0.2) is 4.98 Å². The average Bonchev–Trinajstić information content (AvgIpc) is 2.90. The van der Waals surface area contributed by atoms with Crippen LogP contribution in [0, 0.1) is 0 Å². The van der Waals surface area contributed by atoms with Gasteiger partial charge in [-0.1, -0.05) is 19.1 Å². The van der Waals surface area contributed by atoms with Crippen molar-refractivity contribution in [1.29, 1.82) is 0 Å². The number of amides is 1. The Morgan fingerprint density at radius 1 is 1.41 bits per heavy atom. The molecule has 0 unspecified atom stereocenters. The summed E-state index contributed by atoms with van der Waals surface area (Å²) in [4.78, 5) is 20.3. The molecule has 3 rings (SSSR count). The number of nitrogens with two attached hydrogens (primary N) is 1. The summed E-state index contributed by atoms with van der Waals surface area (Å²) < 4.78 is 0. The molecule has 0 saturated heterocycles. The minimum Gasteiger partial charge on any atom is -0.399 e. The summed E-state index contributed by atoms with van der Waals surface area (Å²) >= 11 is 1.59. The van der Waals surface area contributed by atoms with Crippen molar-refractivity contribution in [3.8, 4) is 0 Å². The molecular formula is C16H20N4OS. The van der Waals surface area contributed by atoms with Gasteiger partial charge in [0.15, 0.2) is 5.13 Å². The molecule has 1 aromatic heterocycles. The molecule has 1 amide bonds. The molecule has 2 aromatic rings. The molecule has 1 aliphatic rings. The van der Waals surface area contributed by atoms with Crippen molar-refractivity contribution in [2.45, 2.75) is 26.3 Å². The number of carbonyl (C=O) groups excluding carboxylic acids is 1. The minimum atomic E-state index is -0.0387. The topological polar surface area (TPSA) is 71.2 Å². The van der Waals surface area contributed by atoms with E-state index in [-0.39, 0.29) is 5.91 Å². The van der Waals surface area contributed by atoms with Gasteiger partial charge in [-0.05, 0) is 24.2 Å². The molecule has 0 spiro atoms. The molecule has 0 aliphatic carbocycles. The molecule has 0 fully saturated rings. The highest BCUT2D eigenvalue weighted by atomic mass is 32.1. The molecule has 1 aliphatic heterocycles. The van der Waals surface area contributed by atoms with Crippen molar-refractivity contribution >= 4 is 28.1 Å². The summed E-state index contributed by atoms with van der Waals surface area (Å²) in [6.07, 6.45) is 1.30. The number of benzene rings is 1. The van der Waals surface area contributed by atoms with Gasteiger partial charge in [0.1, 0.15) is 0 Å². The van der Waals surface area contributed by atoms with Gasteiger partial charge in [-0.3, -0.25) is 9.69 Å². The Balaban J connectivity index is 1.62. The Hall–Kier alpha value is -1.92. The van der Waals surface area contributed by atoms with Crippen molar-refractivity contribution in [2.75, 3.05) is 24.1 Å². The summed E-state index contributed by atoms with van der Waals surface area (Å²) in [6.45, 7) is 5.21. The Morgan fingerprint density at radius 3 is 2.91 bits per heavy atom. The molecule has 0 bridgehead atoms. The molecule has 0 atom stereocenters. The van der Waals surface area contributed by atoms with E-state index in [2.05, 4.69) is 22.1 Å². The predicted octanol–water partition coefficient (Wildman–Crippen LogP) is 2.28. The number of nitrogens with zero attached hydrogens (tertiary/aromatic N) is 2. The average molecular weight is 316 g/mol. The number of hydrogen-bond acceptors (Lipinski definition) is 5. The van der Waals surface area contributed by atoms with E-state index >= 15 is 0 Å². The largest absolute Gasteiger partial charge is 0.399 e. The maximum absolute atomic E-state index is 12.1. The van der Waals surface area contributed by atoms with Crippen molar-refractivity contribution < 1.29 is 4.79 Å². The van der Waals surface area contributed by atoms with Crippen molar-refractivity contribution in [3.05, 3.63) is 40.4 Å². The van der Waals surface area contributed by atoms with Gasteiger partial charge in [0.05, 0.1) is 12.1 Å². The second kappa shape index (κ2) is 6.46. The number of anilines is 2. The van der Waals surface area contributed by atoms with Gasteiger partial charge in [-0.15, -0.1) is 11.3 Å². The maximum Gasteiger partial charge on any atom is 0.230 e. The fraction of sp³-hybridized carbons (Fsp3) is 0.375. The van der Waals surface area contributed by atoms with Crippen LogP contribution in [0.1, 0.15) is 23.1 Å². The first-order chi connectivity index (χ1) is 10.6. The number of likely N-dealkylation sites (N-methyl/N-ethyl adjacent to an activating group) is 1. The summed E-state index contributed by atoms with van der Waals surface area (Å²) in [5.74, 6) is -0.0387. The van der Waals surface area contributed by atoms with Crippen LogP contribution in [0.5, 0.6) is 0 Å². The normalized spacial score (nSPS) is 14.6. The van der Waals surface area contributed by atoms with Gasteiger partial charge < -0.3 is 11.1 Å². The predicted molar refractivity (Wildman–Crippen MR) is 90.0 cm³/mol. The number of nitrogen functional groups attached to an aromatic ring is 1. The number of carbonyl (C=O) groups is 1. The second-order valence-corrected chi connectivity index (χ2v) is 6.56. The monoisotopic (exact) mass is 316 g/mol. The highest BCUT2D eigenvalue weighted by Gasteiger charge is 2.20. The van der Waals surface area contributed by atoms with E-state index in [0.717, 1.165) is 37.3 Å². The van der Waals surface area contributed by atoms with Gasteiger partial charge in [-0.2, -0.15) is 0 Å². The zero-order valence-corrected chi connectivity index (χ0v) is 13.4. The van der Waals surface area contributed by atoms with Crippen LogP contribution in [0.25, 0.3) is 0 Å². The van der Waals surface area contributed by atoms with Crippen LogP contribution in [0.4, 0.5) is 10.8 Å². The van der Waals surface area contributed by atoms with Crippen LogP contribution in [0.2, 0.25) is 0 Å². The molecule has 116 valence electrons. The van der Waals surface area contributed by atoms with Crippen molar-refractivity contribution in [2.24, 2.45) is 0 Å². The van der Waals surface area contributed by atoms with Crippen LogP contribution >= 0.6 is 11.3 Å². The molecule has 6 heteroatoms. The lowest BCUT2D eigenvalue weighted by molar-refractivity contribution is -0.115. The molecule has 2 heterocycles. The highest BCUT2D eigenvalue weighted by molar-refractivity contribution is 7.15. The number of aromatic nitrogens is 1. The summed E-state index contributed by atoms with van der Waals surface area (Å²) in [5, 5.41) is 3.63. The molecule has 0 saturated carbocycles. The second-order valence-electron chi connectivity index (χ2n) is 5.47. The first kappa shape index (κ1) is 15.0. The van der Waals surface area contributed by atoms with Gasteiger partial charge in [0, 0.05) is 30.1 Å². The minimum absolute atomic E-state index is 0.0387. The summed E-state index contributed by atoms with van der Waals surface area (Å²) in [6, 6.07) is 7.37. The Bertz CT molecular complexity index is 665. The van der Waals surface area contributed by atoms with E-state index < -0.39 is 0 Å². The highest BCUT2D eigenvalue weighted by Crippen LogP contribution is 2.28. The number of rotatable bonds is 4. The molecule has 22 heavy (non-hydrogen) atoms. The van der Waals surface area contributed by atoms with Gasteiger partial charge >= 0.3 is 0 Å². The zero-order chi connectivity index (χ0) is 15.5. The Morgan fingerprint density at radius 2 is 2.18 bits per heavy atom. The van der Waals surface area contributed by atoms with Crippen molar-refractivity contribution in [1.82, 2.24) is 9.88 Å². The van der Waals surface area contributed by atoms with Gasteiger partial charge in [0.2, 0.25) is 5.91 Å². The van der Waals surface area contributed by atoms with Crippen LogP contribution in [0.3, 0.4) is 0 Å². The van der Waals surface area contributed by atoms with E-state index in [0.29, 0.717) is 17.2 Å². The fourth-order valence-corrected chi connectivity index (χ4v) is 3.62. The molecule has 0 radical (unpaired) electrons. The zero-order valence-electron chi connectivity index (χ0n) is 12.6. The number of fused-ring (bicyclic) bond motifs is 1. The third kappa shape index (κ3) is 3.45. The molecule has 3 N–H and O–H groups in total. The quantitative estimate of drug-likeness (QED) is 0.849. The van der Waals surface area contributed by atoms with E-state index in [1.54, 1.807) is 11.3 Å². The summed E-state index contributed by atoms with van der Waals surface area (Å²) in [5.41, 5.74) is 8.44. The summed E-state index contributed by atoms with van der Waals surface area (Å²) in [7, 11) is 0. The van der Waals surface area contributed by atoms with Crippen LogP contribution in [-0.2, 0) is 24.2 Å². The lowest BCUT2D eigenvalue weighted by Gasteiger charge is -2.23. The van der Waals surface area contributed by atoms with Crippen molar-refractivity contribution in [3.63, 3.8) is 0 Å². The van der Waals surface area contributed by atoms with E-state index in [9.17, 15) is 4.79 Å². The maximum atomic E-state index is 12.1. The molecule has 5 nitrogen and oxygen atoms in total. The SMILES string of the molecule is CCN1CCc2nc(NC(=O)Cc3ccc(N)cc3)sc2C1. The lowest BCUT2D eigenvalue weighted by Crippen LogP contribution is -2.29. The first-order valence-corrected chi connectivity index (χ1v) is 8.31. The molecule has 1 aromatic carbocycles. The Labute approximate surface area is 134 Å². The fourth-order valence-electron chi connectivity index (χ4n) is 2.56. The third-order valence-electron chi connectivity index (χ3n) is 3.85. The first-order valence-electron chi connectivity index (χ1n) is 7.49. The Kier molecular flexibility index (Phi) is 4.40. The van der Waals surface area contributed by atoms with E-state index in [1.165, 1.54) is 4.88 Å². The van der Waals surface area contributed by atoms with Gasteiger partial charge in [0.25, 0.3) is 0 Å². The third-order valence-corrected chi connectivity index (χ3v) is 4.85. The number of hydrogen-bond donors (Lipinski definition) is 2. The lowest BCUT2D eigenvalue weighted by atomic mass is 10.1. The van der Waals surface area contributed by atoms with Crippen LogP contribution in [0.15, 0.2) is 24.3 Å².